The number of hydrogen-bond acceptors (Lipinski definition) is 3. The Morgan fingerprint density at radius 2 is 2.31 bits per heavy atom. The predicted octanol–water partition coefficient (Wildman–Crippen LogP) is 0.362. The van der Waals surface area contributed by atoms with E-state index in [0.717, 1.165) is 10.8 Å². The third kappa shape index (κ3) is 1.86. The monoisotopic (exact) mass is 183 g/mol. The van der Waals surface area contributed by atoms with Crippen molar-refractivity contribution in [1.82, 2.24) is 14.8 Å². The molecule has 1 aromatic heterocycles. The summed E-state index contributed by atoms with van der Waals surface area (Å²) in [5, 5.41) is 5.23. The van der Waals surface area contributed by atoms with Gasteiger partial charge >= 0.3 is 0 Å². The number of aromatic nitrogens is 2. The maximum Gasteiger partial charge on any atom is 0.295 e. The second-order valence-electron chi connectivity index (χ2n) is 2.78. The van der Waals surface area contributed by atoms with Crippen molar-refractivity contribution < 1.29 is 9.63 Å². The molecule has 1 aromatic rings. The van der Waals surface area contributed by atoms with Crippen LogP contribution in [0.5, 0.6) is 0 Å². The van der Waals surface area contributed by atoms with Gasteiger partial charge in [-0.05, 0) is 13.0 Å². The van der Waals surface area contributed by atoms with Crippen molar-refractivity contribution in [1.29, 1.82) is 0 Å². The molecule has 0 spiro atoms. The number of carbonyl (C=O) groups is 1. The van der Waals surface area contributed by atoms with E-state index >= 15 is 0 Å². The summed E-state index contributed by atoms with van der Waals surface area (Å²) in [7, 11) is 4.73. The largest absolute Gasteiger partial charge is 0.295 e. The molecular formula is C8H13N3O2. The van der Waals surface area contributed by atoms with Gasteiger partial charge < -0.3 is 0 Å². The minimum absolute atomic E-state index is 0.203. The van der Waals surface area contributed by atoms with Gasteiger partial charge in [0, 0.05) is 14.1 Å². The van der Waals surface area contributed by atoms with Gasteiger partial charge in [0.05, 0.1) is 12.8 Å². The average Bonchev–Trinajstić information content (AvgIpc) is 2.42. The SMILES string of the molecule is CON(C)C(=O)c1cc(C)nn1C. The Balaban J connectivity index is 2.94. The van der Waals surface area contributed by atoms with Crippen LogP contribution in [-0.4, -0.2) is 34.9 Å². The Bertz CT molecular complexity index is 319. The third-order valence-corrected chi connectivity index (χ3v) is 1.78. The highest BCUT2D eigenvalue weighted by molar-refractivity contribution is 5.91. The molecule has 5 nitrogen and oxygen atoms in total. The van der Waals surface area contributed by atoms with Gasteiger partial charge in [0.15, 0.2) is 0 Å². The van der Waals surface area contributed by atoms with E-state index in [2.05, 4.69) is 5.10 Å². The maximum absolute atomic E-state index is 11.5. The van der Waals surface area contributed by atoms with E-state index in [0.29, 0.717) is 5.69 Å². The van der Waals surface area contributed by atoms with Crippen LogP contribution in [0.4, 0.5) is 0 Å². The van der Waals surface area contributed by atoms with E-state index in [1.54, 1.807) is 20.2 Å². The van der Waals surface area contributed by atoms with Gasteiger partial charge in [-0.25, -0.2) is 5.06 Å². The smallest absolute Gasteiger partial charge is 0.274 e. The number of hydrogen-bond donors (Lipinski definition) is 0. The number of carbonyl (C=O) groups excluding carboxylic acids is 1. The molecule has 5 heteroatoms. The van der Waals surface area contributed by atoms with Crippen LogP contribution in [0, 0.1) is 6.92 Å². The second-order valence-corrected chi connectivity index (χ2v) is 2.78. The molecule has 0 fully saturated rings. The highest BCUT2D eigenvalue weighted by Crippen LogP contribution is 2.04. The molecule has 0 N–H and O–H groups in total. The number of nitrogens with zero attached hydrogens (tertiary/aromatic N) is 3. The fraction of sp³-hybridized carbons (Fsp3) is 0.500. The normalized spacial score (nSPS) is 10.2. The fourth-order valence-electron chi connectivity index (χ4n) is 1.05. The van der Waals surface area contributed by atoms with Crippen LogP contribution in [-0.2, 0) is 11.9 Å². The lowest BCUT2D eigenvalue weighted by Gasteiger charge is -2.12. The first-order valence-corrected chi connectivity index (χ1v) is 3.89. The van der Waals surface area contributed by atoms with Gasteiger partial charge in [-0.15, -0.1) is 0 Å². The summed E-state index contributed by atoms with van der Waals surface area (Å²) in [6.07, 6.45) is 0. The summed E-state index contributed by atoms with van der Waals surface area (Å²) in [6.45, 7) is 1.84. The Hall–Kier alpha value is -1.36. The first-order chi connectivity index (χ1) is 6.06. The topological polar surface area (TPSA) is 47.4 Å². The quantitative estimate of drug-likeness (QED) is 0.622. The zero-order valence-electron chi connectivity index (χ0n) is 8.24. The highest BCUT2D eigenvalue weighted by atomic mass is 16.7. The van der Waals surface area contributed by atoms with Crippen LogP contribution in [0.1, 0.15) is 16.2 Å². The van der Waals surface area contributed by atoms with Crippen molar-refractivity contribution in [3.8, 4) is 0 Å². The van der Waals surface area contributed by atoms with E-state index in [9.17, 15) is 4.79 Å². The van der Waals surface area contributed by atoms with Gasteiger partial charge in [0.25, 0.3) is 5.91 Å². The summed E-state index contributed by atoms with van der Waals surface area (Å²) in [4.78, 5) is 16.3. The summed E-state index contributed by atoms with van der Waals surface area (Å²) < 4.78 is 1.53. The zero-order valence-corrected chi connectivity index (χ0v) is 8.24. The van der Waals surface area contributed by atoms with Crippen LogP contribution in [0.2, 0.25) is 0 Å². The van der Waals surface area contributed by atoms with Crippen LogP contribution in [0.15, 0.2) is 6.07 Å². The minimum atomic E-state index is -0.203. The molecule has 0 saturated carbocycles. The van der Waals surface area contributed by atoms with E-state index in [1.807, 2.05) is 6.92 Å². The lowest BCUT2D eigenvalue weighted by Crippen LogP contribution is -2.27. The number of amides is 1. The molecule has 0 bridgehead atoms. The first kappa shape index (κ1) is 9.73. The van der Waals surface area contributed by atoms with Crippen molar-refractivity contribution in [2.24, 2.45) is 7.05 Å². The molecule has 0 aliphatic rings. The van der Waals surface area contributed by atoms with Gasteiger partial charge in [-0.2, -0.15) is 5.10 Å². The molecule has 0 saturated heterocycles. The lowest BCUT2D eigenvalue weighted by atomic mass is 10.3. The molecule has 1 amide bonds. The summed E-state index contributed by atoms with van der Waals surface area (Å²) >= 11 is 0. The van der Waals surface area contributed by atoms with E-state index in [-0.39, 0.29) is 5.91 Å². The standard InChI is InChI=1S/C8H13N3O2/c1-6-5-7(10(2)9-6)8(12)11(3)13-4/h5H,1-4H3. The fourth-order valence-corrected chi connectivity index (χ4v) is 1.05. The van der Waals surface area contributed by atoms with Crippen LogP contribution in [0.25, 0.3) is 0 Å². The maximum atomic E-state index is 11.5. The number of hydroxylamine groups is 2. The number of rotatable bonds is 2. The molecule has 1 heterocycles. The van der Waals surface area contributed by atoms with Gasteiger partial charge in [-0.3, -0.25) is 14.3 Å². The lowest BCUT2D eigenvalue weighted by molar-refractivity contribution is -0.0763. The molecule has 1 rings (SSSR count). The molecule has 0 aliphatic heterocycles. The first-order valence-electron chi connectivity index (χ1n) is 3.89. The van der Waals surface area contributed by atoms with Gasteiger partial charge in [-0.1, -0.05) is 0 Å². The van der Waals surface area contributed by atoms with Crippen molar-refractivity contribution >= 4 is 5.91 Å². The second kappa shape index (κ2) is 3.57. The molecule has 0 aliphatic carbocycles. The predicted molar refractivity (Wildman–Crippen MR) is 47.0 cm³/mol. The van der Waals surface area contributed by atoms with Crippen molar-refractivity contribution in [3.63, 3.8) is 0 Å². The Kier molecular flexibility index (Phi) is 2.67. The van der Waals surface area contributed by atoms with Crippen molar-refractivity contribution in [2.75, 3.05) is 14.2 Å². The number of aryl methyl sites for hydroxylation is 2. The van der Waals surface area contributed by atoms with E-state index < -0.39 is 0 Å². The van der Waals surface area contributed by atoms with Gasteiger partial charge in [0.1, 0.15) is 5.69 Å². The molecule has 13 heavy (non-hydrogen) atoms. The van der Waals surface area contributed by atoms with Crippen molar-refractivity contribution in [3.05, 3.63) is 17.5 Å². The van der Waals surface area contributed by atoms with Crippen LogP contribution < -0.4 is 0 Å². The van der Waals surface area contributed by atoms with Gasteiger partial charge in [0.2, 0.25) is 0 Å². The Morgan fingerprint density at radius 3 is 2.69 bits per heavy atom. The summed E-state index contributed by atoms with van der Waals surface area (Å²) in [5.74, 6) is -0.203. The van der Waals surface area contributed by atoms with E-state index in [4.69, 9.17) is 4.84 Å². The zero-order chi connectivity index (χ0) is 10.0. The molecule has 72 valence electrons. The van der Waals surface area contributed by atoms with Crippen LogP contribution >= 0.6 is 0 Å². The Labute approximate surface area is 76.9 Å². The summed E-state index contributed by atoms with van der Waals surface area (Å²) in [6, 6.07) is 1.72. The molecule has 0 radical (unpaired) electrons. The molecule has 0 unspecified atom stereocenters. The summed E-state index contributed by atoms with van der Waals surface area (Å²) in [5.41, 5.74) is 1.33. The highest BCUT2D eigenvalue weighted by Gasteiger charge is 2.15. The Morgan fingerprint density at radius 1 is 1.69 bits per heavy atom. The third-order valence-electron chi connectivity index (χ3n) is 1.78. The molecule has 0 atom stereocenters. The average molecular weight is 183 g/mol. The van der Waals surface area contributed by atoms with E-state index in [1.165, 1.54) is 11.8 Å². The van der Waals surface area contributed by atoms with Crippen LogP contribution in [0.3, 0.4) is 0 Å². The van der Waals surface area contributed by atoms with Crippen molar-refractivity contribution in [2.45, 2.75) is 6.92 Å². The minimum Gasteiger partial charge on any atom is -0.274 e. The molecule has 0 aromatic carbocycles. The molecular weight excluding hydrogens is 170 g/mol.